The molecule has 0 aromatic heterocycles. The van der Waals surface area contributed by atoms with Gasteiger partial charge in [0, 0.05) is 7.11 Å². The van der Waals surface area contributed by atoms with Crippen LogP contribution in [0.1, 0.15) is 13.8 Å². The van der Waals surface area contributed by atoms with Crippen molar-refractivity contribution < 1.29 is 27.9 Å². The summed E-state index contributed by atoms with van der Waals surface area (Å²) < 4.78 is 28.1. The first-order valence-electron chi connectivity index (χ1n) is 5.65. The predicted octanol–water partition coefficient (Wildman–Crippen LogP) is -1.64. The zero-order valence-corrected chi connectivity index (χ0v) is 11.5. The largest absolute Gasteiger partial charge is 0.480 e. The van der Waals surface area contributed by atoms with Gasteiger partial charge in [-0.1, -0.05) is 0 Å². The highest BCUT2D eigenvalue weighted by atomic mass is 32.2. The summed E-state index contributed by atoms with van der Waals surface area (Å²) in [7, 11) is -2.57. The molecule has 2 fully saturated rings. The maximum Gasteiger partial charge on any atom is 0.328 e. The number of hydrogen-bond acceptors (Lipinski definition) is 6. The number of nitrogens with two attached hydrogens (primary N) is 1. The minimum absolute atomic E-state index is 0.596. The molecule has 9 heteroatoms. The van der Waals surface area contributed by atoms with Gasteiger partial charge in [-0.15, -0.1) is 0 Å². The smallest absolute Gasteiger partial charge is 0.328 e. The lowest BCUT2D eigenvalue weighted by atomic mass is 9.91. The summed E-state index contributed by atoms with van der Waals surface area (Å²) in [6.07, 6.45) is -1.06. The first-order valence-corrected chi connectivity index (χ1v) is 7.20. The molecule has 8 nitrogen and oxygen atoms in total. The highest BCUT2D eigenvalue weighted by Crippen LogP contribution is 2.49. The highest BCUT2D eigenvalue weighted by molar-refractivity contribution is 7.93. The van der Waals surface area contributed by atoms with Crippen molar-refractivity contribution in [2.45, 2.75) is 36.2 Å². The van der Waals surface area contributed by atoms with Gasteiger partial charge in [-0.05, 0) is 13.8 Å². The average molecular weight is 292 g/mol. The Bertz CT molecular complexity index is 542. The zero-order chi connectivity index (χ0) is 14.7. The minimum atomic E-state index is -3.83. The number of carbonyl (C=O) groups is 2. The van der Waals surface area contributed by atoms with Gasteiger partial charge in [-0.3, -0.25) is 4.79 Å². The second-order valence-electron chi connectivity index (χ2n) is 5.25. The third-order valence-corrected chi connectivity index (χ3v) is 6.81. The fraction of sp³-hybridized carbons (Fsp3) is 0.800. The van der Waals surface area contributed by atoms with Crippen LogP contribution in [0.2, 0.25) is 0 Å². The number of carbonyl (C=O) groups excluding carboxylic acids is 1. The van der Waals surface area contributed by atoms with Gasteiger partial charge in [0.05, 0.1) is 4.75 Å². The van der Waals surface area contributed by atoms with Crippen molar-refractivity contribution in [3.05, 3.63) is 0 Å². The van der Waals surface area contributed by atoms with Crippen LogP contribution in [-0.4, -0.2) is 59.8 Å². The molecule has 0 aliphatic carbocycles. The number of fused-ring (bicyclic) bond motifs is 1. The molecule has 0 bridgehead atoms. The second kappa shape index (κ2) is 3.90. The SMILES string of the molecule is COC(N)[C@@H]1C(=O)N2[C@@H](C(=O)O)C(C)(C)S(=O)(=O)[C@H]12. The first-order chi connectivity index (χ1) is 8.59. The van der Waals surface area contributed by atoms with E-state index in [9.17, 15) is 23.1 Å². The van der Waals surface area contributed by atoms with E-state index in [4.69, 9.17) is 10.5 Å². The lowest BCUT2D eigenvalue weighted by Crippen LogP contribution is -2.68. The normalized spacial score (nSPS) is 36.5. The fourth-order valence-corrected chi connectivity index (χ4v) is 5.12. The number of ether oxygens (including phenoxy) is 1. The summed E-state index contributed by atoms with van der Waals surface area (Å²) in [5.74, 6) is -2.98. The van der Waals surface area contributed by atoms with Gasteiger partial charge in [0.25, 0.3) is 0 Å². The molecule has 19 heavy (non-hydrogen) atoms. The summed E-state index contributed by atoms with van der Waals surface area (Å²) in [5.41, 5.74) is 5.57. The van der Waals surface area contributed by atoms with E-state index in [-0.39, 0.29) is 0 Å². The molecular formula is C10H16N2O6S. The number of nitrogens with zero attached hydrogens (tertiary/aromatic N) is 1. The Morgan fingerprint density at radius 2 is 2.05 bits per heavy atom. The van der Waals surface area contributed by atoms with Crippen LogP contribution in [0, 0.1) is 5.92 Å². The molecule has 1 unspecified atom stereocenters. The van der Waals surface area contributed by atoms with Gasteiger partial charge in [-0.2, -0.15) is 0 Å². The number of methoxy groups -OCH3 is 1. The maximum atomic E-state index is 12.4. The second-order valence-corrected chi connectivity index (χ2v) is 7.88. The summed E-state index contributed by atoms with van der Waals surface area (Å²) in [4.78, 5) is 24.1. The van der Waals surface area contributed by atoms with E-state index >= 15 is 0 Å². The van der Waals surface area contributed by atoms with Crippen LogP contribution >= 0.6 is 0 Å². The van der Waals surface area contributed by atoms with Gasteiger partial charge in [0.15, 0.2) is 15.2 Å². The number of amides is 1. The number of carboxylic acids is 1. The van der Waals surface area contributed by atoms with Crippen molar-refractivity contribution in [1.82, 2.24) is 4.90 Å². The molecule has 0 radical (unpaired) electrons. The van der Waals surface area contributed by atoms with E-state index in [1.54, 1.807) is 0 Å². The third kappa shape index (κ3) is 1.49. The molecule has 3 N–H and O–H groups in total. The number of sulfone groups is 1. The third-order valence-electron chi connectivity index (χ3n) is 3.97. The van der Waals surface area contributed by atoms with Crippen LogP contribution in [0.4, 0.5) is 0 Å². The number of carboxylic acid groups (broad SMARTS) is 1. The highest BCUT2D eigenvalue weighted by Gasteiger charge is 2.73. The van der Waals surface area contributed by atoms with Crippen molar-refractivity contribution >= 4 is 21.7 Å². The maximum absolute atomic E-state index is 12.4. The summed E-state index contributed by atoms with van der Waals surface area (Å²) in [5, 5.41) is 7.97. The number of rotatable bonds is 3. The number of β-lactam (4-membered cyclic amide) rings is 1. The Labute approximate surface area is 110 Å². The summed E-state index contributed by atoms with van der Waals surface area (Å²) in [6, 6.07) is -1.39. The molecule has 2 aliphatic rings. The van der Waals surface area contributed by atoms with E-state index in [1.807, 2.05) is 0 Å². The Hall–Kier alpha value is -1.19. The molecule has 0 spiro atoms. The topological polar surface area (TPSA) is 127 Å². The minimum Gasteiger partial charge on any atom is -0.480 e. The van der Waals surface area contributed by atoms with Gasteiger partial charge in [0.2, 0.25) is 5.91 Å². The molecule has 4 atom stereocenters. The van der Waals surface area contributed by atoms with E-state index in [0.717, 1.165) is 4.90 Å². The molecule has 108 valence electrons. The molecule has 0 saturated carbocycles. The quantitative estimate of drug-likeness (QED) is 0.472. The molecule has 0 aromatic rings. The molecule has 2 heterocycles. The lowest BCUT2D eigenvalue weighted by Gasteiger charge is -2.44. The Morgan fingerprint density at radius 3 is 2.47 bits per heavy atom. The van der Waals surface area contributed by atoms with Crippen LogP contribution in [0.25, 0.3) is 0 Å². The van der Waals surface area contributed by atoms with E-state index < -0.39 is 50.0 Å². The van der Waals surface area contributed by atoms with E-state index in [0.29, 0.717) is 0 Å². The van der Waals surface area contributed by atoms with Gasteiger partial charge in [-0.25, -0.2) is 13.2 Å². The molecule has 1 amide bonds. The number of aliphatic carboxylic acids is 1. The number of hydrogen-bond donors (Lipinski definition) is 2. The van der Waals surface area contributed by atoms with Crippen LogP contribution in [0.3, 0.4) is 0 Å². The van der Waals surface area contributed by atoms with Crippen molar-refractivity contribution in [3.8, 4) is 0 Å². The molecule has 2 rings (SSSR count). The van der Waals surface area contributed by atoms with Crippen molar-refractivity contribution in [3.63, 3.8) is 0 Å². The Kier molecular flexibility index (Phi) is 2.92. The Morgan fingerprint density at radius 1 is 1.53 bits per heavy atom. The fourth-order valence-electron chi connectivity index (χ4n) is 2.79. The molecule has 2 saturated heterocycles. The summed E-state index contributed by atoms with van der Waals surface area (Å²) >= 11 is 0. The van der Waals surface area contributed by atoms with Crippen molar-refractivity contribution in [2.24, 2.45) is 11.7 Å². The van der Waals surface area contributed by atoms with Crippen LogP contribution < -0.4 is 5.73 Å². The standard InChI is InChI=1S/C10H16N2O6S/c1-10(2)5(9(14)15)12-7(13)4(6(11)18-3)8(12)19(10,16)17/h4-6,8H,11H2,1-3H3,(H,14,15)/t4-,5+,6?,8-/m1/s1. The molecule has 0 aromatic carbocycles. The predicted molar refractivity (Wildman–Crippen MR) is 63.5 cm³/mol. The Balaban J connectivity index is 2.51. The van der Waals surface area contributed by atoms with Crippen LogP contribution in [0.5, 0.6) is 0 Å². The zero-order valence-electron chi connectivity index (χ0n) is 10.7. The van der Waals surface area contributed by atoms with Crippen LogP contribution in [0.15, 0.2) is 0 Å². The average Bonchev–Trinajstić information content (AvgIpc) is 2.43. The monoisotopic (exact) mass is 292 g/mol. The molecule has 2 aliphatic heterocycles. The van der Waals surface area contributed by atoms with Gasteiger partial charge in [0.1, 0.15) is 18.2 Å². The van der Waals surface area contributed by atoms with Crippen molar-refractivity contribution in [1.29, 1.82) is 0 Å². The lowest BCUT2D eigenvalue weighted by molar-refractivity contribution is -0.170. The van der Waals surface area contributed by atoms with Gasteiger partial charge < -0.3 is 20.5 Å². The van der Waals surface area contributed by atoms with E-state index in [2.05, 4.69) is 0 Å². The van der Waals surface area contributed by atoms with Crippen LogP contribution in [-0.2, 0) is 24.2 Å². The van der Waals surface area contributed by atoms with Gasteiger partial charge >= 0.3 is 5.97 Å². The first kappa shape index (κ1) is 14.2. The van der Waals surface area contributed by atoms with Crippen molar-refractivity contribution in [2.75, 3.05) is 7.11 Å². The van der Waals surface area contributed by atoms with E-state index in [1.165, 1.54) is 21.0 Å². The summed E-state index contributed by atoms with van der Waals surface area (Å²) in [6.45, 7) is 2.62. The molecular weight excluding hydrogens is 276 g/mol.